The molecule has 0 spiro atoms. The molecular weight excluding hydrogens is 388 g/mol. The van der Waals surface area contributed by atoms with Gasteiger partial charge in [0.2, 0.25) is 0 Å². The minimum atomic E-state index is -0.942. The first-order valence-electron chi connectivity index (χ1n) is 9.85. The number of benzene rings is 2. The Labute approximate surface area is 177 Å². The molecule has 1 fully saturated rings. The molecule has 6 heteroatoms. The predicted octanol–water partition coefficient (Wildman–Crippen LogP) is 3.70. The Morgan fingerprint density at radius 2 is 1.66 bits per heavy atom. The lowest BCUT2D eigenvalue weighted by Crippen LogP contribution is -2.47. The molecule has 0 unspecified atom stereocenters. The van der Waals surface area contributed by atoms with Crippen molar-refractivity contribution in [1.82, 2.24) is 9.80 Å². The summed E-state index contributed by atoms with van der Waals surface area (Å²) in [6.45, 7) is 4.85. The Bertz CT molecular complexity index is 788. The second kappa shape index (κ2) is 11.1. The summed E-state index contributed by atoms with van der Waals surface area (Å²) in [5, 5.41) is 9.31. The average molecular weight is 415 g/mol. The summed E-state index contributed by atoms with van der Waals surface area (Å²) in [5.41, 5.74) is 2.54. The monoisotopic (exact) mass is 414 g/mol. The first kappa shape index (κ1) is 21.5. The van der Waals surface area contributed by atoms with Crippen LogP contribution in [0.5, 0.6) is 0 Å². The number of rotatable bonds is 9. The number of hydrogen-bond acceptors (Lipinski definition) is 4. The van der Waals surface area contributed by atoms with E-state index in [0.717, 1.165) is 37.7 Å². The van der Waals surface area contributed by atoms with Crippen LogP contribution >= 0.6 is 11.6 Å². The smallest absolute Gasteiger partial charge is 0.329 e. The van der Waals surface area contributed by atoms with Gasteiger partial charge >= 0.3 is 5.97 Å². The first-order valence-corrected chi connectivity index (χ1v) is 10.2. The molecule has 29 heavy (non-hydrogen) atoms. The summed E-state index contributed by atoms with van der Waals surface area (Å²) in [7, 11) is 0. The molecule has 5 nitrogen and oxygen atoms in total. The van der Waals surface area contributed by atoms with E-state index < -0.39 is 5.97 Å². The van der Waals surface area contributed by atoms with Crippen LogP contribution in [0.4, 0.5) is 0 Å². The molecule has 0 aliphatic carbocycles. The van der Waals surface area contributed by atoms with Crippen molar-refractivity contribution in [2.45, 2.75) is 6.04 Å². The van der Waals surface area contributed by atoms with E-state index in [9.17, 15) is 4.79 Å². The molecule has 1 atom stereocenters. The van der Waals surface area contributed by atoms with Gasteiger partial charge in [-0.3, -0.25) is 9.80 Å². The van der Waals surface area contributed by atoms with Crippen molar-refractivity contribution in [3.63, 3.8) is 0 Å². The highest BCUT2D eigenvalue weighted by molar-refractivity contribution is 6.30. The van der Waals surface area contributed by atoms with Gasteiger partial charge in [0.1, 0.15) is 6.61 Å². The van der Waals surface area contributed by atoms with Crippen molar-refractivity contribution < 1.29 is 14.6 Å². The van der Waals surface area contributed by atoms with Crippen LogP contribution in [0.25, 0.3) is 0 Å². The maximum Gasteiger partial charge on any atom is 0.329 e. The van der Waals surface area contributed by atoms with Gasteiger partial charge in [-0.25, -0.2) is 4.79 Å². The van der Waals surface area contributed by atoms with Gasteiger partial charge in [0.25, 0.3) is 0 Å². The van der Waals surface area contributed by atoms with Gasteiger partial charge in [0.15, 0.2) is 0 Å². The molecule has 2 aromatic carbocycles. The fourth-order valence-electron chi connectivity index (χ4n) is 3.60. The van der Waals surface area contributed by atoms with Crippen LogP contribution in [0.2, 0.25) is 5.02 Å². The molecular formula is C23H27ClN2O3. The molecule has 1 aliphatic heterocycles. The third kappa shape index (κ3) is 6.68. The minimum absolute atomic E-state index is 0.218. The highest BCUT2D eigenvalue weighted by Gasteiger charge is 2.25. The molecule has 0 amide bonds. The van der Waals surface area contributed by atoms with E-state index >= 15 is 0 Å². The Kier molecular flexibility index (Phi) is 8.25. The van der Waals surface area contributed by atoms with Crippen LogP contribution in [0.1, 0.15) is 17.2 Å². The van der Waals surface area contributed by atoms with E-state index in [1.165, 1.54) is 11.1 Å². The number of ether oxygens (including phenoxy) is 1. The summed E-state index contributed by atoms with van der Waals surface area (Å²) >= 11 is 6.10. The number of piperazine rings is 1. The number of aliphatic carboxylic acids is 1. The highest BCUT2D eigenvalue weighted by Crippen LogP contribution is 2.30. The number of carboxylic acid groups (broad SMARTS) is 1. The predicted molar refractivity (Wildman–Crippen MR) is 115 cm³/mol. The number of halogens is 1. The van der Waals surface area contributed by atoms with E-state index in [4.69, 9.17) is 21.4 Å². The van der Waals surface area contributed by atoms with E-state index in [2.05, 4.69) is 46.2 Å². The van der Waals surface area contributed by atoms with E-state index in [1.54, 1.807) is 0 Å². The molecule has 1 saturated heterocycles. The third-order valence-electron chi connectivity index (χ3n) is 5.04. The normalized spacial score (nSPS) is 16.9. The highest BCUT2D eigenvalue weighted by atomic mass is 35.5. The van der Waals surface area contributed by atoms with E-state index in [-0.39, 0.29) is 12.6 Å². The summed E-state index contributed by atoms with van der Waals surface area (Å²) in [6.07, 6.45) is 3.93. The van der Waals surface area contributed by atoms with Gasteiger partial charge in [0, 0.05) is 37.7 Å². The molecule has 1 heterocycles. The zero-order valence-electron chi connectivity index (χ0n) is 16.4. The number of nitrogens with zero attached hydrogens (tertiary/aromatic N) is 2. The van der Waals surface area contributed by atoms with Crippen molar-refractivity contribution in [3.8, 4) is 0 Å². The Hall–Kier alpha value is -2.18. The van der Waals surface area contributed by atoms with Crippen LogP contribution in [-0.4, -0.2) is 66.8 Å². The van der Waals surface area contributed by atoms with E-state index in [1.807, 2.05) is 30.4 Å². The van der Waals surface area contributed by atoms with Gasteiger partial charge in [-0.15, -0.1) is 0 Å². The topological polar surface area (TPSA) is 53.0 Å². The number of carbonyl (C=O) groups is 1. The molecule has 154 valence electrons. The maximum atomic E-state index is 10.4. The average Bonchev–Trinajstić information content (AvgIpc) is 2.74. The van der Waals surface area contributed by atoms with Crippen molar-refractivity contribution in [2.24, 2.45) is 0 Å². The largest absolute Gasteiger partial charge is 0.480 e. The SMILES string of the molecule is O=C(O)COC/C=C\CN1CCN([C@H](c2ccccc2)c2ccc(Cl)cc2)CC1. The molecule has 3 rings (SSSR count). The Balaban J connectivity index is 1.57. The van der Waals surface area contributed by atoms with Crippen LogP contribution < -0.4 is 0 Å². The van der Waals surface area contributed by atoms with Crippen molar-refractivity contribution >= 4 is 17.6 Å². The van der Waals surface area contributed by atoms with E-state index in [0.29, 0.717) is 6.61 Å². The summed E-state index contributed by atoms with van der Waals surface area (Å²) < 4.78 is 5.02. The third-order valence-corrected chi connectivity index (χ3v) is 5.29. The lowest BCUT2D eigenvalue weighted by molar-refractivity contribution is -0.141. The number of carboxylic acids is 1. The van der Waals surface area contributed by atoms with Crippen molar-refractivity contribution in [1.29, 1.82) is 0 Å². The molecule has 0 saturated carbocycles. The van der Waals surface area contributed by atoms with Gasteiger partial charge in [-0.1, -0.05) is 66.2 Å². The fraction of sp³-hybridized carbons (Fsp3) is 0.348. The lowest BCUT2D eigenvalue weighted by Gasteiger charge is -2.39. The van der Waals surface area contributed by atoms with Gasteiger partial charge in [-0.2, -0.15) is 0 Å². The fourth-order valence-corrected chi connectivity index (χ4v) is 3.73. The zero-order chi connectivity index (χ0) is 20.5. The van der Waals surface area contributed by atoms with Crippen LogP contribution in [0, 0.1) is 0 Å². The second-order valence-electron chi connectivity index (χ2n) is 7.08. The van der Waals surface area contributed by atoms with Crippen LogP contribution in [0.15, 0.2) is 66.7 Å². The maximum absolute atomic E-state index is 10.4. The summed E-state index contributed by atoms with van der Waals surface area (Å²) in [4.78, 5) is 15.3. The molecule has 1 aliphatic rings. The quantitative estimate of drug-likeness (QED) is 0.500. The molecule has 2 aromatic rings. The van der Waals surface area contributed by atoms with Gasteiger partial charge < -0.3 is 9.84 Å². The zero-order valence-corrected chi connectivity index (χ0v) is 17.2. The molecule has 0 aromatic heterocycles. The Morgan fingerprint density at radius 1 is 1.00 bits per heavy atom. The van der Waals surface area contributed by atoms with Gasteiger partial charge in [-0.05, 0) is 23.3 Å². The summed E-state index contributed by atoms with van der Waals surface area (Å²) in [6, 6.07) is 19.0. The summed E-state index contributed by atoms with van der Waals surface area (Å²) in [5.74, 6) is -0.942. The second-order valence-corrected chi connectivity index (χ2v) is 7.52. The standard InChI is InChI=1S/C23H27ClN2O3/c24-21-10-8-20(9-11-21)23(19-6-2-1-3-7-19)26-15-13-25(14-16-26)12-4-5-17-29-18-22(27)28/h1-11,23H,12-18H2,(H,27,28)/b5-4-/t23-/m1/s1. The lowest BCUT2D eigenvalue weighted by atomic mass is 9.96. The molecule has 0 radical (unpaired) electrons. The number of hydrogen-bond donors (Lipinski definition) is 1. The van der Waals surface area contributed by atoms with Crippen LogP contribution in [-0.2, 0) is 9.53 Å². The van der Waals surface area contributed by atoms with Gasteiger partial charge in [0.05, 0.1) is 12.6 Å². The minimum Gasteiger partial charge on any atom is -0.480 e. The molecule has 0 bridgehead atoms. The van der Waals surface area contributed by atoms with Crippen LogP contribution in [0.3, 0.4) is 0 Å². The van der Waals surface area contributed by atoms with Crippen molar-refractivity contribution in [2.75, 3.05) is 45.9 Å². The first-order chi connectivity index (χ1) is 14.1. The van der Waals surface area contributed by atoms with Crippen molar-refractivity contribution in [3.05, 3.63) is 82.9 Å². The Morgan fingerprint density at radius 3 is 2.31 bits per heavy atom. The molecule has 1 N–H and O–H groups in total.